The van der Waals surface area contributed by atoms with Crippen LogP contribution in [0.4, 0.5) is 0 Å². The number of esters is 3. The number of hydrogen-bond acceptors (Lipinski definition) is 9. The van der Waals surface area contributed by atoms with E-state index < -0.39 is 35.6 Å². The molecule has 4 fully saturated rings. The van der Waals surface area contributed by atoms with Crippen LogP contribution in [0.25, 0.3) is 0 Å². The number of ether oxygens (including phenoxy) is 3. The highest BCUT2D eigenvalue weighted by atomic mass is 17.2. The molecule has 9 heteroatoms. The standard InChI is InChI=1S/C30H46O9/c1-17(35-22(31)23(32)36-20-14-18-10-12-29(20,8)27(18,4)5)16-26(2,3)39-38-25(34)24(33)37-21-15-19-11-13-30(21,9)28(19,6)7/h17-21H,10-16H2,1-9H3. The van der Waals surface area contributed by atoms with Gasteiger partial charge in [0.25, 0.3) is 0 Å². The third-order valence-electron chi connectivity index (χ3n) is 11.7. The van der Waals surface area contributed by atoms with Crippen molar-refractivity contribution >= 4 is 23.9 Å². The van der Waals surface area contributed by atoms with E-state index in [4.69, 9.17) is 24.0 Å². The van der Waals surface area contributed by atoms with Gasteiger partial charge in [0.1, 0.15) is 23.9 Å². The van der Waals surface area contributed by atoms with Crippen molar-refractivity contribution in [1.82, 2.24) is 0 Å². The monoisotopic (exact) mass is 550 g/mol. The number of hydrogen-bond donors (Lipinski definition) is 0. The fourth-order valence-corrected chi connectivity index (χ4v) is 8.16. The number of rotatable bonds is 7. The van der Waals surface area contributed by atoms with Crippen molar-refractivity contribution in [3.05, 3.63) is 0 Å². The van der Waals surface area contributed by atoms with Crippen LogP contribution in [-0.4, -0.2) is 47.8 Å². The maximum atomic E-state index is 12.5. The van der Waals surface area contributed by atoms with Crippen LogP contribution in [-0.2, 0) is 43.2 Å². The minimum Gasteiger partial charge on any atom is -0.454 e. The molecule has 4 rings (SSSR count). The van der Waals surface area contributed by atoms with E-state index in [-0.39, 0.29) is 40.3 Å². The Balaban J connectivity index is 1.21. The van der Waals surface area contributed by atoms with Crippen molar-refractivity contribution in [2.24, 2.45) is 33.5 Å². The van der Waals surface area contributed by atoms with E-state index in [1.807, 2.05) is 0 Å². The molecule has 4 saturated carbocycles. The van der Waals surface area contributed by atoms with Gasteiger partial charge < -0.3 is 14.2 Å². The van der Waals surface area contributed by atoms with Crippen LogP contribution in [0.15, 0.2) is 0 Å². The van der Waals surface area contributed by atoms with Crippen molar-refractivity contribution in [3.63, 3.8) is 0 Å². The molecule has 4 aliphatic carbocycles. The Bertz CT molecular complexity index is 1030. The third-order valence-corrected chi connectivity index (χ3v) is 11.7. The highest BCUT2D eigenvalue weighted by Gasteiger charge is 2.64. The lowest BCUT2D eigenvalue weighted by Crippen LogP contribution is -2.41. The van der Waals surface area contributed by atoms with Crippen molar-refractivity contribution in [1.29, 1.82) is 0 Å². The smallest absolute Gasteiger partial charge is 0.449 e. The second kappa shape index (κ2) is 9.74. The van der Waals surface area contributed by atoms with Crippen LogP contribution in [0.3, 0.4) is 0 Å². The Morgan fingerprint density at radius 3 is 1.56 bits per heavy atom. The second-order valence-corrected chi connectivity index (χ2v) is 14.6. The summed E-state index contributed by atoms with van der Waals surface area (Å²) in [5, 5.41) is 0. The summed E-state index contributed by atoms with van der Waals surface area (Å²) < 4.78 is 16.5. The molecule has 0 spiro atoms. The fraction of sp³-hybridized carbons (Fsp3) is 0.867. The molecule has 0 aromatic rings. The van der Waals surface area contributed by atoms with Crippen LogP contribution in [0.2, 0.25) is 0 Å². The Kier molecular flexibility index (Phi) is 7.44. The Labute approximate surface area is 231 Å². The van der Waals surface area contributed by atoms with Gasteiger partial charge in [0.05, 0.1) is 0 Å². The zero-order valence-corrected chi connectivity index (χ0v) is 25.0. The van der Waals surface area contributed by atoms with Gasteiger partial charge >= 0.3 is 23.9 Å². The summed E-state index contributed by atoms with van der Waals surface area (Å²) in [5.41, 5.74) is -1.37. The normalized spacial score (nSPS) is 36.3. The van der Waals surface area contributed by atoms with Crippen LogP contribution in [0, 0.1) is 33.5 Å². The van der Waals surface area contributed by atoms with E-state index in [2.05, 4.69) is 41.5 Å². The van der Waals surface area contributed by atoms with Gasteiger partial charge in [0.2, 0.25) is 0 Å². The van der Waals surface area contributed by atoms with Gasteiger partial charge in [0.15, 0.2) is 0 Å². The molecule has 4 bridgehead atoms. The van der Waals surface area contributed by atoms with Gasteiger partial charge in [0, 0.05) is 17.3 Å². The average molecular weight is 551 g/mol. The van der Waals surface area contributed by atoms with E-state index in [1.165, 1.54) is 0 Å². The molecular formula is C30H46O9. The first-order chi connectivity index (χ1) is 17.8. The van der Waals surface area contributed by atoms with E-state index in [9.17, 15) is 19.2 Å². The van der Waals surface area contributed by atoms with Crippen LogP contribution in [0.5, 0.6) is 0 Å². The van der Waals surface area contributed by atoms with Crippen molar-refractivity contribution < 1.29 is 43.2 Å². The van der Waals surface area contributed by atoms with Crippen LogP contribution < -0.4 is 0 Å². The molecule has 0 heterocycles. The highest BCUT2D eigenvalue weighted by molar-refractivity contribution is 6.30. The van der Waals surface area contributed by atoms with Gasteiger partial charge in [-0.05, 0) is 82.0 Å². The molecule has 0 amide bonds. The van der Waals surface area contributed by atoms with E-state index >= 15 is 0 Å². The lowest BCUT2D eigenvalue weighted by Gasteiger charge is -2.38. The van der Waals surface area contributed by atoms with E-state index in [0.717, 1.165) is 38.5 Å². The fourth-order valence-electron chi connectivity index (χ4n) is 8.16. The topological polar surface area (TPSA) is 114 Å². The summed E-state index contributed by atoms with van der Waals surface area (Å²) in [7, 11) is 0. The molecule has 0 radical (unpaired) electrons. The lowest BCUT2D eigenvalue weighted by atomic mass is 9.70. The first-order valence-corrected chi connectivity index (χ1v) is 14.4. The van der Waals surface area contributed by atoms with Gasteiger partial charge in [-0.1, -0.05) is 41.5 Å². The van der Waals surface area contributed by atoms with Crippen molar-refractivity contribution in [2.75, 3.05) is 0 Å². The molecule has 0 N–H and O–H groups in total. The molecule has 0 aromatic heterocycles. The Morgan fingerprint density at radius 1 is 0.744 bits per heavy atom. The maximum absolute atomic E-state index is 12.5. The summed E-state index contributed by atoms with van der Waals surface area (Å²) in [6, 6.07) is 0. The highest BCUT2D eigenvalue weighted by Crippen LogP contribution is 2.67. The zero-order chi connectivity index (χ0) is 29.2. The molecule has 220 valence electrons. The average Bonchev–Trinajstić information content (AvgIpc) is 3.34. The molecule has 39 heavy (non-hydrogen) atoms. The Morgan fingerprint density at radius 2 is 1.18 bits per heavy atom. The zero-order valence-electron chi connectivity index (χ0n) is 25.0. The SMILES string of the molecule is CC(CC(C)(C)OOC(=O)C(=O)OC1CC2CCC1(C)C2(C)C)OC(=O)C(=O)OC1CC2CCC1(C)C2(C)C. The number of carbonyl (C=O) groups excluding carboxylic acids is 4. The summed E-state index contributed by atoms with van der Waals surface area (Å²) in [6.45, 7) is 17.9. The van der Waals surface area contributed by atoms with Gasteiger partial charge in [-0.2, -0.15) is 4.89 Å². The molecule has 7 atom stereocenters. The molecule has 9 nitrogen and oxygen atoms in total. The predicted molar refractivity (Wildman–Crippen MR) is 140 cm³/mol. The molecule has 0 aliphatic heterocycles. The molecular weight excluding hydrogens is 504 g/mol. The van der Waals surface area contributed by atoms with Gasteiger partial charge in [-0.3, -0.25) is 4.89 Å². The summed E-state index contributed by atoms with van der Waals surface area (Å²) in [5.74, 6) is -3.46. The summed E-state index contributed by atoms with van der Waals surface area (Å²) >= 11 is 0. The minimum absolute atomic E-state index is 0.0333. The van der Waals surface area contributed by atoms with Gasteiger partial charge in [-0.15, -0.1) is 0 Å². The summed E-state index contributed by atoms with van der Waals surface area (Å²) in [6.07, 6.45) is 4.31. The largest absolute Gasteiger partial charge is 0.454 e. The van der Waals surface area contributed by atoms with Gasteiger partial charge in [-0.25, -0.2) is 19.2 Å². The van der Waals surface area contributed by atoms with E-state index in [0.29, 0.717) is 11.8 Å². The quantitative estimate of drug-likeness (QED) is 0.141. The minimum atomic E-state index is -1.23. The predicted octanol–water partition coefficient (Wildman–Crippen LogP) is 5.08. The molecule has 0 saturated heterocycles. The first-order valence-electron chi connectivity index (χ1n) is 14.4. The Hall–Kier alpha value is -2.16. The lowest BCUT2D eigenvalue weighted by molar-refractivity contribution is -0.327. The second-order valence-electron chi connectivity index (χ2n) is 14.6. The van der Waals surface area contributed by atoms with Crippen molar-refractivity contribution in [2.45, 2.75) is 131 Å². The molecule has 4 aliphatic rings. The first kappa shape index (κ1) is 29.8. The number of carbonyl (C=O) groups is 4. The summed E-state index contributed by atoms with van der Waals surface area (Å²) in [4.78, 5) is 59.8. The maximum Gasteiger partial charge on any atom is 0.449 e. The van der Waals surface area contributed by atoms with E-state index in [1.54, 1.807) is 20.8 Å². The molecule has 0 aromatic carbocycles. The number of fused-ring (bicyclic) bond motifs is 4. The van der Waals surface area contributed by atoms with Crippen LogP contribution in [0.1, 0.15) is 107 Å². The van der Waals surface area contributed by atoms with Crippen LogP contribution >= 0.6 is 0 Å². The third kappa shape index (κ3) is 4.97. The molecule has 7 unspecified atom stereocenters. The van der Waals surface area contributed by atoms with Crippen molar-refractivity contribution in [3.8, 4) is 0 Å².